The average molecular weight is 117 g/mol. The van der Waals surface area contributed by atoms with Crippen molar-refractivity contribution in [1.29, 1.82) is 0 Å². The summed E-state index contributed by atoms with van der Waals surface area (Å²) >= 11 is 4.03. The maximum absolute atomic E-state index is 4.90. The number of thiol groups is 1. The van der Waals surface area contributed by atoms with E-state index in [0.29, 0.717) is 0 Å². The predicted molar refractivity (Wildman–Crippen MR) is 31.0 cm³/mol. The zero-order chi connectivity index (χ0) is 5.11. The molecule has 0 radical (unpaired) electrons. The fourth-order valence-corrected chi connectivity index (χ4v) is 0.571. The van der Waals surface area contributed by atoms with E-state index in [1.807, 2.05) is 0 Å². The van der Waals surface area contributed by atoms with Crippen LogP contribution in [0, 0.1) is 0 Å². The van der Waals surface area contributed by atoms with E-state index in [2.05, 4.69) is 17.9 Å². The summed E-state index contributed by atoms with van der Waals surface area (Å²) in [5.41, 5.74) is 0.0324. The van der Waals surface area contributed by atoms with Gasteiger partial charge >= 0.3 is 0 Å². The fraction of sp³-hybridized carbons (Fsp3) is 0.500. The zero-order valence-electron chi connectivity index (χ0n) is 3.79. The van der Waals surface area contributed by atoms with Crippen molar-refractivity contribution in [3.8, 4) is 0 Å². The second-order valence-electron chi connectivity index (χ2n) is 1.30. The molecule has 2 nitrogen and oxygen atoms in total. The maximum atomic E-state index is 4.90. The summed E-state index contributed by atoms with van der Waals surface area (Å²) in [6.45, 7) is 0.791. The lowest BCUT2D eigenvalue weighted by atomic mass is 10.6. The van der Waals surface area contributed by atoms with Crippen LogP contribution < -0.4 is 5.32 Å². The van der Waals surface area contributed by atoms with Crippen LogP contribution in [0.25, 0.3) is 0 Å². The summed E-state index contributed by atoms with van der Waals surface area (Å²) in [5, 5.41) is 2.95. The van der Waals surface area contributed by atoms with Crippen molar-refractivity contribution < 1.29 is 4.74 Å². The van der Waals surface area contributed by atoms with Crippen molar-refractivity contribution in [2.24, 2.45) is 0 Å². The Morgan fingerprint density at radius 2 is 2.71 bits per heavy atom. The molecular formula is C4H7NOS. The van der Waals surface area contributed by atoms with Crippen molar-refractivity contribution in [3.05, 3.63) is 12.5 Å². The Morgan fingerprint density at radius 3 is 3.00 bits per heavy atom. The van der Waals surface area contributed by atoms with Gasteiger partial charge in [0.05, 0.1) is 6.54 Å². The van der Waals surface area contributed by atoms with E-state index in [4.69, 9.17) is 4.74 Å². The molecule has 0 aliphatic carbocycles. The fourth-order valence-electron chi connectivity index (χ4n) is 0.395. The first-order chi connectivity index (χ1) is 3.39. The van der Waals surface area contributed by atoms with E-state index in [0.717, 1.165) is 6.54 Å². The molecule has 1 unspecified atom stereocenters. The zero-order valence-corrected chi connectivity index (χ0v) is 4.69. The molecule has 0 spiro atoms. The largest absolute Gasteiger partial charge is 0.484 e. The highest BCUT2D eigenvalue weighted by Crippen LogP contribution is 1.98. The van der Waals surface area contributed by atoms with Crippen LogP contribution in [-0.2, 0) is 4.74 Å². The molecule has 1 aliphatic heterocycles. The predicted octanol–water partition coefficient (Wildman–Crippen LogP) is 0.333. The van der Waals surface area contributed by atoms with Crippen LogP contribution in [0.15, 0.2) is 12.5 Å². The van der Waals surface area contributed by atoms with Crippen LogP contribution >= 0.6 is 12.6 Å². The van der Waals surface area contributed by atoms with Crippen molar-refractivity contribution >= 4 is 12.6 Å². The van der Waals surface area contributed by atoms with Gasteiger partial charge in [0.2, 0.25) is 0 Å². The van der Waals surface area contributed by atoms with Crippen LogP contribution in [0.1, 0.15) is 0 Å². The molecule has 0 aromatic heterocycles. The second-order valence-corrected chi connectivity index (χ2v) is 1.88. The van der Waals surface area contributed by atoms with E-state index in [1.165, 1.54) is 0 Å². The van der Waals surface area contributed by atoms with Crippen LogP contribution in [-0.4, -0.2) is 12.0 Å². The molecule has 1 rings (SSSR count). The first-order valence-electron chi connectivity index (χ1n) is 2.11. The SMILES string of the molecule is SC1CNC=CO1. The summed E-state index contributed by atoms with van der Waals surface area (Å²) < 4.78 is 4.90. The lowest BCUT2D eigenvalue weighted by molar-refractivity contribution is 0.208. The van der Waals surface area contributed by atoms with Crippen molar-refractivity contribution in [3.63, 3.8) is 0 Å². The van der Waals surface area contributed by atoms with Gasteiger partial charge in [0, 0.05) is 6.20 Å². The first-order valence-corrected chi connectivity index (χ1v) is 2.63. The molecular weight excluding hydrogens is 110 g/mol. The molecule has 1 aliphatic rings. The van der Waals surface area contributed by atoms with Gasteiger partial charge in [-0.05, 0) is 0 Å². The van der Waals surface area contributed by atoms with Crippen LogP contribution in [0.4, 0.5) is 0 Å². The van der Waals surface area contributed by atoms with Gasteiger partial charge in [0.25, 0.3) is 0 Å². The summed E-state index contributed by atoms with van der Waals surface area (Å²) in [5.74, 6) is 0. The Bertz CT molecular complexity index is 83.8. The standard InChI is InChI=1S/C4H7NOS/c7-4-3-5-1-2-6-4/h1-2,4-5,7H,3H2. The number of hydrogen-bond acceptors (Lipinski definition) is 3. The van der Waals surface area contributed by atoms with Gasteiger partial charge in [-0.1, -0.05) is 0 Å². The lowest BCUT2D eigenvalue weighted by Gasteiger charge is -2.13. The molecule has 7 heavy (non-hydrogen) atoms. The van der Waals surface area contributed by atoms with Gasteiger partial charge in [-0.2, -0.15) is 0 Å². The van der Waals surface area contributed by atoms with Gasteiger partial charge in [-0.25, -0.2) is 0 Å². The van der Waals surface area contributed by atoms with Crippen molar-refractivity contribution in [2.75, 3.05) is 6.54 Å². The molecule has 0 saturated heterocycles. The minimum atomic E-state index is 0.0324. The Hall–Kier alpha value is -0.310. The summed E-state index contributed by atoms with van der Waals surface area (Å²) in [6.07, 6.45) is 3.36. The Morgan fingerprint density at radius 1 is 1.86 bits per heavy atom. The minimum Gasteiger partial charge on any atom is -0.484 e. The molecule has 0 fully saturated rings. The van der Waals surface area contributed by atoms with Crippen LogP contribution in [0.3, 0.4) is 0 Å². The minimum absolute atomic E-state index is 0.0324. The third kappa shape index (κ3) is 1.31. The third-order valence-corrected chi connectivity index (χ3v) is 1.02. The van der Waals surface area contributed by atoms with E-state index < -0.39 is 0 Å². The van der Waals surface area contributed by atoms with Gasteiger partial charge < -0.3 is 10.1 Å². The highest BCUT2D eigenvalue weighted by atomic mass is 32.1. The molecule has 0 aromatic carbocycles. The molecule has 1 atom stereocenters. The van der Waals surface area contributed by atoms with E-state index >= 15 is 0 Å². The Labute approximate surface area is 48.0 Å². The highest BCUT2D eigenvalue weighted by Gasteiger charge is 2.00. The summed E-state index contributed by atoms with van der Waals surface area (Å²) in [6, 6.07) is 0. The number of hydrogen-bond donors (Lipinski definition) is 2. The normalized spacial score (nSPS) is 28.4. The van der Waals surface area contributed by atoms with Crippen LogP contribution in [0.5, 0.6) is 0 Å². The molecule has 1 N–H and O–H groups in total. The highest BCUT2D eigenvalue weighted by molar-refractivity contribution is 7.80. The summed E-state index contributed by atoms with van der Waals surface area (Å²) in [7, 11) is 0. The quantitative estimate of drug-likeness (QED) is 0.446. The molecule has 0 aromatic rings. The second kappa shape index (κ2) is 2.12. The topological polar surface area (TPSA) is 21.3 Å². The van der Waals surface area contributed by atoms with Gasteiger partial charge in [0.15, 0.2) is 5.44 Å². The maximum Gasteiger partial charge on any atom is 0.158 e. The van der Waals surface area contributed by atoms with Crippen LogP contribution in [0.2, 0.25) is 0 Å². The molecule has 0 saturated carbocycles. The number of nitrogens with one attached hydrogen (secondary N) is 1. The third-order valence-electron chi connectivity index (χ3n) is 0.714. The monoisotopic (exact) mass is 117 g/mol. The number of ether oxygens (including phenoxy) is 1. The van der Waals surface area contributed by atoms with Gasteiger partial charge in [0.1, 0.15) is 6.26 Å². The van der Waals surface area contributed by atoms with Crippen molar-refractivity contribution in [2.45, 2.75) is 5.44 Å². The Kier molecular flexibility index (Phi) is 1.46. The van der Waals surface area contributed by atoms with Gasteiger partial charge in [-0.15, -0.1) is 12.6 Å². The smallest absolute Gasteiger partial charge is 0.158 e. The number of rotatable bonds is 0. The average Bonchev–Trinajstić information content (AvgIpc) is 1.69. The van der Waals surface area contributed by atoms with Crippen molar-refractivity contribution in [1.82, 2.24) is 5.32 Å². The lowest BCUT2D eigenvalue weighted by Crippen LogP contribution is -2.23. The molecule has 0 bridgehead atoms. The summed E-state index contributed by atoms with van der Waals surface area (Å²) in [4.78, 5) is 0. The Balaban J connectivity index is 2.32. The van der Waals surface area contributed by atoms with Gasteiger partial charge in [-0.3, -0.25) is 0 Å². The first kappa shape index (κ1) is 4.84. The molecule has 1 heterocycles. The molecule has 40 valence electrons. The van der Waals surface area contributed by atoms with E-state index in [9.17, 15) is 0 Å². The molecule has 3 heteroatoms. The van der Waals surface area contributed by atoms with E-state index in [-0.39, 0.29) is 5.44 Å². The van der Waals surface area contributed by atoms with E-state index in [1.54, 1.807) is 12.5 Å². The molecule has 0 amide bonds.